The lowest BCUT2D eigenvalue weighted by atomic mass is 10.2. The van der Waals surface area contributed by atoms with Crippen LogP contribution < -0.4 is 5.32 Å². The van der Waals surface area contributed by atoms with Gasteiger partial charge < -0.3 is 15.3 Å². The zero-order valence-electron chi connectivity index (χ0n) is 9.55. The molecule has 2 N–H and O–H groups in total. The lowest BCUT2D eigenvalue weighted by Gasteiger charge is -2.36. The van der Waals surface area contributed by atoms with Crippen LogP contribution in [-0.2, 0) is 9.59 Å². The predicted molar refractivity (Wildman–Crippen MR) is 60.2 cm³/mol. The number of carboxylic acid groups (broad SMARTS) is 1. The molecule has 1 rings (SSSR count). The molecule has 1 atom stereocenters. The summed E-state index contributed by atoms with van der Waals surface area (Å²) < 4.78 is 0. The van der Waals surface area contributed by atoms with Gasteiger partial charge in [-0.1, -0.05) is 0 Å². The number of amides is 4. The first-order valence-corrected chi connectivity index (χ1v) is 5.51. The van der Waals surface area contributed by atoms with Crippen LogP contribution in [0.25, 0.3) is 0 Å². The predicted octanol–water partition coefficient (Wildman–Crippen LogP) is -0.328. The van der Waals surface area contributed by atoms with E-state index in [1.165, 1.54) is 4.90 Å². The Hall–Kier alpha value is -1.83. The third-order valence-electron chi connectivity index (χ3n) is 2.46. The molecule has 1 aliphatic rings. The van der Waals surface area contributed by atoms with Gasteiger partial charge in [0.2, 0.25) is 0 Å². The van der Waals surface area contributed by atoms with Crippen molar-refractivity contribution in [1.29, 1.82) is 0 Å². The maximum Gasteiger partial charge on any atom is 0.404 e. The number of hydrogen-bond acceptors (Lipinski definition) is 4. The van der Waals surface area contributed by atoms with Crippen molar-refractivity contribution in [2.75, 3.05) is 19.6 Å². The van der Waals surface area contributed by atoms with Crippen LogP contribution in [-0.4, -0.2) is 63.9 Å². The van der Waals surface area contributed by atoms with Crippen molar-refractivity contribution in [3.05, 3.63) is 0 Å². The number of rotatable bonds is 3. The minimum absolute atomic E-state index is 0.00982. The molecular weight excluding hydrogens is 266 g/mol. The number of imide groups is 1. The Morgan fingerprint density at radius 2 is 2.06 bits per heavy atom. The van der Waals surface area contributed by atoms with E-state index in [0.717, 1.165) is 0 Å². The molecule has 0 spiro atoms. The van der Waals surface area contributed by atoms with Gasteiger partial charge in [-0.15, -0.1) is 0 Å². The largest absolute Gasteiger partial charge is 0.465 e. The maximum atomic E-state index is 11.6. The van der Waals surface area contributed by atoms with E-state index in [-0.39, 0.29) is 19.6 Å². The number of carbonyl (C=O) groups is 4. The van der Waals surface area contributed by atoms with Crippen molar-refractivity contribution in [3.8, 4) is 0 Å². The highest BCUT2D eigenvalue weighted by molar-refractivity contribution is 6.65. The lowest BCUT2D eigenvalue weighted by Crippen LogP contribution is -2.60. The minimum Gasteiger partial charge on any atom is -0.465 e. The number of nitrogens with one attached hydrogen (secondary N) is 1. The molecule has 0 aliphatic carbocycles. The SMILES string of the molecule is CC1CN(CCNC(=O)O)C(=O)C(=O)N1C(=O)Cl. The zero-order chi connectivity index (χ0) is 13.9. The molecule has 0 aromatic carbocycles. The summed E-state index contributed by atoms with van der Waals surface area (Å²) in [5, 5.41) is 9.46. The first-order valence-electron chi connectivity index (χ1n) is 5.13. The van der Waals surface area contributed by atoms with Crippen molar-refractivity contribution >= 4 is 34.9 Å². The quantitative estimate of drug-likeness (QED) is 0.417. The summed E-state index contributed by atoms with van der Waals surface area (Å²) in [5.41, 5.74) is 0. The van der Waals surface area contributed by atoms with Gasteiger partial charge in [-0.05, 0) is 18.5 Å². The van der Waals surface area contributed by atoms with Gasteiger partial charge in [0.1, 0.15) is 0 Å². The average Bonchev–Trinajstić information content (AvgIpc) is 2.24. The summed E-state index contributed by atoms with van der Waals surface area (Å²) in [4.78, 5) is 46.3. The Kier molecular flexibility index (Phi) is 4.49. The van der Waals surface area contributed by atoms with Crippen LogP contribution in [0.3, 0.4) is 0 Å². The minimum atomic E-state index is -1.21. The Morgan fingerprint density at radius 1 is 1.44 bits per heavy atom. The molecule has 1 aliphatic heterocycles. The van der Waals surface area contributed by atoms with Gasteiger partial charge in [-0.2, -0.15) is 0 Å². The maximum absolute atomic E-state index is 11.6. The summed E-state index contributed by atoms with van der Waals surface area (Å²) in [5.74, 6) is -1.86. The summed E-state index contributed by atoms with van der Waals surface area (Å²) in [6.07, 6.45) is -1.21. The highest BCUT2D eigenvalue weighted by Gasteiger charge is 2.39. The molecule has 0 aromatic heterocycles. The molecule has 0 aromatic rings. The Balaban J connectivity index is 2.64. The molecular formula is C9H12ClN3O5. The van der Waals surface area contributed by atoms with Crippen LogP contribution in [0.1, 0.15) is 6.92 Å². The molecule has 8 nitrogen and oxygen atoms in total. The molecule has 1 fully saturated rings. The van der Waals surface area contributed by atoms with Crippen LogP contribution in [0.15, 0.2) is 0 Å². The number of piperazine rings is 1. The van der Waals surface area contributed by atoms with Gasteiger partial charge in [0.25, 0.3) is 0 Å². The van der Waals surface area contributed by atoms with Crippen LogP contribution in [0.2, 0.25) is 0 Å². The standard InChI is InChI=1S/C9H12ClN3O5/c1-5-4-12(3-2-11-9(17)18)6(14)7(15)13(5)8(10)16/h5,11H,2-4H2,1H3,(H,17,18). The van der Waals surface area contributed by atoms with E-state index in [1.807, 2.05) is 0 Å². The number of hydrogen-bond donors (Lipinski definition) is 2. The second kappa shape index (κ2) is 5.67. The van der Waals surface area contributed by atoms with Crippen LogP contribution >= 0.6 is 11.6 Å². The summed E-state index contributed by atoms with van der Waals surface area (Å²) >= 11 is 5.21. The lowest BCUT2D eigenvalue weighted by molar-refractivity contribution is -0.155. The Bertz CT molecular complexity index is 400. The van der Waals surface area contributed by atoms with Crippen molar-refractivity contribution in [3.63, 3.8) is 0 Å². The molecule has 0 saturated carbocycles. The normalized spacial score (nSPS) is 20.0. The van der Waals surface area contributed by atoms with E-state index in [9.17, 15) is 19.2 Å². The third-order valence-corrected chi connectivity index (χ3v) is 2.64. The van der Waals surface area contributed by atoms with Crippen molar-refractivity contribution in [2.45, 2.75) is 13.0 Å². The number of halogens is 1. The monoisotopic (exact) mass is 277 g/mol. The second-order valence-corrected chi connectivity index (χ2v) is 4.08. The first kappa shape index (κ1) is 14.2. The molecule has 1 saturated heterocycles. The van der Waals surface area contributed by atoms with E-state index in [4.69, 9.17) is 16.7 Å². The third kappa shape index (κ3) is 3.10. The smallest absolute Gasteiger partial charge is 0.404 e. The van der Waals surface area contributed by atoms with Gasteiger partial charge in [0, 0.05) is 19.6 Å². The summed E-state index contributed by atoms with van der Waals surface area (Å²) in [7, 11) is 0. The fourth-order valence-electron chi connectivity index (χ4n) is 1.67. The molecule has 18 heavy (non-hydrogen) atoms. The van der Waals surface area contributed by atoms with E-state index < -0.39 is 29.3 Å². The van der Waals surface area contributed by atoms with Crippen molar-refractivity contribution in [2.24, 2.45) is 0 Å². The average molecular weight is 278 g/mol. The zero-order valence-corrected chi connectivity index (χ0v) is 10.3. The van der Waals surface area contributed by atoms with E-state index >= 15 is 0 Å². The summed E-state index contributed by atoms with van der Waals surface area (Å²) in [6.45, 7) is 1.77. The molecule has 1 heterocycles. The topological polar surface area (TPSA) is 107 Å². The molecule has 100 valence electrons. The fraction of sp³-hybridized carbons (Fsp3) is 0.556. The fourth-order valence-corrected chi connectivity index (χ4v) is 1.91. The van der Waals surface area contributed by atoms with Gasteiger partial charge in [0.05, 0.1) is 6.04 Å². The van der Waals surface area contributed by atoms with Gasteiger partial charge >= 0.3 is 23.3 Å². The van der Waals surface area contributed by atoms with E-state index in [0.29, 0.717) is 4.90 Å². The van der Waals surface area contributed by atoms with Crippen LogP contribution in [0.4, 0.5) is 9.59 Å². The van der Waals surface area contributed by atoms with Crippen LogP contribution in [0.5, 0.6) is 0 Å². The van der Waals surface area contributed by atoms with Gasteiger partial charge in [0.15, 0.2) is 0 Å². The molecule has 0 bridgehead atoms. The van der Waals surface area contributed by atoms with Crippen molar-refractivity contribution < 1.29 is 24.3 Å². The van der Waals surface area contributed by atoms with E-state index in [1.54, 1.807) is 6.92 Å². The number of nitrogens with zero attached hydrogens (tertiary/aromatic N) is 2. The van der Waals surface area contributed by atoms with Crippen LogP contribution in [0, 0.1) is 0 Å². The molecule has 9 heteroatoms. The Labute approximate surface area is 107 Å². The Morgan fingerprint density at radius 3 is 2.56 bits per heavy atom. The van der Waals surface area contributed by atoms with Gasteiger partial charge in [-0.3, -0.25) is 19.3 Å². The van der Waals surface area contributed by atoms with E-state index in [2.05, 4.69) is 5.32 Å². The molecule has 1 unspecified atom stereocenters. The molecule has 4 amide bonds. The first-order chi connectivity index (χ1) is 8.34. The number of carbonyl (C=O) groups excluding carboxylic acids is 3. The highest BCUT2D eigenvalue weighted by Crippen LogP contribution is 2.13. The second-order valence-electron chi connectivity index (χ2n) is 3.76. The van der Waals surface area contributed by atoms with Crippen molar-refractivity contribution in [1.82, 2.24) is 15.1 Å². The molecule has 0 radical (unpaired) electrons. The summed E-state index contributed by atoms with van der Waals surface area (Å²) in [6, 6.07) is -0.537. The highest BCUT2D eigenvalue weighted by atomic mass is 35.5. The van der Waals surface area contributed by atoms with Gasteiger partial charge in [-0.25, -0.2) is 4.79 Å².